The molecule has 1 fully saturated rings. The summed E-state index contributed by atoms with van der Waals surface area (Å²) in [6, 6.07) is 0. The molecule has 1 N–H and O–H groups in total. The summed E-state index contributed by atoms with van der Waals surface area (Å²) in [4.78, 5) is 26.2. The molecule has 13 heavy (non-hydrogen) atoms. The van der Waals surface area contributed by atoms with E-state index in [1.54, 1.807) is 0 Å². The number of nitrogens with zero attached hydrogens (tertiary/aromatic N) is 1. The molecule has 0 spiro atoms. The minimum Gasteiger partial charge on any atom is -0.430 e. The Morgan fingerprint density at radius 1 is 1.62 bits per heavy atom. The van der Waals surface area contributed by atoms with E-state index in [2.05, 4.69) is 9.57 Å². The van der Waals surface area contributed by atoms with Crippen molar-refractivity contribution in [2.45, 2.75) is 12.8 Å². The maximum atomic E-state index is 10.9. The summed E-state index contributed by atoms with van der Waals surface area (Å²) in [5.74, 6) is -0.221. The summed E-state index contributed by atoms with van der Waals surface area (Å²) in [5, 5.41) is 9.29. The second-order valence-corrected chi connectivity index (χ2v) is 2.51. The third-order valence-electron chi connectivity index (χ3n) is 1.53. The Balaban J connectivity index is 2.23. The van der Waals surface area contributed by atoms with Gasteiger partial charge >= 0.3 is 6.16 Å². The van der Waals surface area contributed by atoms with Crippen LogP contribution < -0.4 is 0 Å². The number of hydrogen-bond donors (Lipinski definition) is 1. The SMILES string of the molecule is O=C(OCCO)ON1CCCC1=O. The fourth-order valence-corrected chi connectivity index (χ4v) is 0.965. The van der Waals surface area contributed by atoms with Crippen LogP contribution in [-0.2, 0) is 14.4 Å². The summed E-state index contributed by atoms with van der Waals surface area (Å²) >= 11 is 0. The van der Waals surface area contributed by atoms with Crippen LogP contribution in [0.25, 0.3) is 0 Å². The average Bonchev–Trinajstić information content (AvgIpc) is 2.48. The van der Waals surface area contributed by atoms with E-state index in [0.717, 1.165) is 5.06 Å². The number of hydrogen-bond acceptors (Lipinski definition) is 5. The van der Waals surface area contributed by atoms with Gasteiger partial charge in [-0.1, -0.05) is 0 Å². The maximum absolute atomic E-state index is 10.9. The first-order chi connectivity index (χ1) is 6.24. The van der Waals surface area contributed by atoms with Crippen LogP contribution >= 0.6 is 0 Å². The molecule has 0 aliphatic carbocycles. The third-order valence-corrected chi connectivity index (χ3v) is 1.53. The molecule has 0 bridgehead atoms. The first-order valence-electron chi connectivity index (χ1n) is 4.00. The zero-order chi connectivity index (χ0) is 9.68. The highest BCUT2D eigenvalue weighted by atomic mass is 16.8. The van der Waals surface area contributed by atoms with Crippen LogP contribution in [0.1, 0.15) is 12.8 Å². The van der Waals surface area contributed by atoms with Gasteiger partial charge in [-0.15, -0.1) is 0 Å². The molecule has 6 nitrogen and oxygen atoms in total. The number of carbonyl (C=O) groups excluding carboxylic acids is 2. The molecule has 1 rings (SSSR count). The lowest BCUT2D eigenvalue weighted by Crippen LogP contribution is -2.29. The van der Waals surface area contributed by atoms with Crippen LogP contribution in [0.5, 0.6) is 0 Å². The predicted molar refractivity (Wildman–Crippen MR) is 40.5 cm³/mol. The van der Waals surface area contributed by atoms with E-state index in [-0.39, 0.29) is 19.1 Å². The molecule has 0 aromatic carbocycles. The zero-order valence-electron chi connectivity index (χ0n) is 7.06. The van der Waals surface area contributed by atoms with Gasteiger partial charge in [-0.25, -0.2) is 4.79 Å². The van der Waals surface area contributed by atoms with Crippen LogP contribution in [0.2, 0.25) is 0 Å². The van der Waals surface area contributed by atoms with E-state index < -0.39 is 6.16 Å². The zero-order valence-corrected chi connectivity index (χ0v) is 7.06. The van der Waals surface area contributed by atoms with Crippen LogP contribution in [0.3, 0.4) is 0 Å². The van der Waals surface area contributed by atoms with Crippen molar-refractivity contribution in [3.8, 4) is 0 Å². The first kappa shape index (κ1) is 9.79. The first-order valence-corrected chi connectivity index (χ1v) is 4.00. The Kier molecular flexibility index (Phi) is 3.51. The highest BCUT2D eigenvalue weighted by Gasteiger charge is 2.24. The van der Waals surface area contributed by atoms with E-state index in [9.17, 15) is 9.59 Å². The number of carbonyl (C=O) groups is 2. The van der Waals surface area contributed by atoms with Gasteiger partial charge in [0.15, 0.2) is 0 Å². The van der Waals surface area contributed by atoms with Crippen molar-refractivity contribution in [2.24, 2.45) is 0 Å². The fraction of sp³-hybridized carbons (Fsp3) is 0.714. The van der Waals surface area contributed by atoms with Crippen molar-refractivity contribution in [2.75, 3.05) is 19.8 Å². The standard InChI is InChI=1S/C7H11NO5/c9-4-5-12-7(11)13-8-3-1-2-6(8)10/h9H,1-5H2. The van der Waals surface area contributed by atoms with Gasteiger partial charge in [0.1, 0.15) is 6.61 Å². The number of rotatable bonds is 3. The fourth-order valence-electron chi connectivity index (χ4n) is 0.965. The molecule has 1 amide bonds. The Hall–Kier alpha value is -1.30. The van der Waals surface area contributed by atoms with Crippen molar-refractivity contribution in [1.29, 1.82) is 0 Å². The number of aliphatic hydroxyl groups is 1. The van der Waals surface area contributed by atoms with Crippen molar-refractivity contribution < 1.29 is 24.3 Å². The Bertz CT molecular complexity index is 205. The lowest BCUT2D eigenvalue weighted by atomic mass is 10.4. The van der Waals surface area contributed by atoms with E-state index in [1.165, 1.54) is 0 Å². The molecule has 1 aliphatic rings. The van der Waals surface area contributed by atoms with Gasteiger partial charge < -0.3 is 14.7 Å². The summed E-state index contributed by atoms with van der Waals surface area (Å²) in [5.41, 5.74) is 0. The molecular weight excluding hydrogens is 178 g/mol. The third kappa shape index (κ3) is 2.90. The van der Waals surface area contributed by atoms with Crippen molar-refractivity contribution in [3.63, 3.8) is 0 Å². The van der Waals surface area contributed by atoms with E-state index >= 15 is 0 Å². The molecule has 1 heterocycles. The molecule has 0 atom stereocenters. The van der Waals surface area contributed by atoms with E-state index in [4.69, 9.17) is 5.11 Å². The van der Waals surface area contributed by atoms with Crippen LogP contribution in [0, 0.1) is 0 Å². The Morgan fingerprint density at radius 2 is 2.38 bits per heavy atom. The van der Waals surface area contributed by atoms with Crippen molar-refractivity contribution in [1.82, 2.24) is 5.06 Å². The molecule has 0 unspecified atom stereocenters. The molecule has 0 radical (unpaired) electrons. The minimum atomic E-state index is -0.954. The molecule has 0 aromatic heterocycles. The quantitative estimate of drug-likeness (QED) is 0.615. The summed E-state index contributed by atoms with van der Waals surface area (Å²) < 4.78 is 4.40. The normalized spacial score (nSPS) is 16.1. The van der Waals surface area contributed by atoms with Crippen molar-refractivity contribution >= 4 is 12.1 Å². The number of aliphatic hydroxyl groups excluding tert-OH is 1. The largest absolute Gasteiger partial charge is 0.533 e. The van der Waals surface area contributed by atoms with Gasteiger partial charge in [0.05, 0.1) is 13.2 Å². The van der Waals surface area contributed by atoms with Crippen LogP contribution in [0.4, 0.5) is 4.79 Å². The smallest absolute Gasteiger partial charge is 0.430 e. The topological polar surface area (TPSA) is 76.1 Å². The molecule has 1 saturated heterocycles. The highest BCUT2D eigenvalue weighted by molar-refractivity contribution is 5.78. The second-order valence-electron chi connectivity index (χ2n) is 2.51. The Labute approximate surface area is 75.0 Å². The lowest BCUT2D eigenvalue weighted by Gasteiger charge is -2.13. The minimum absolute atomic E-state index is 0.124. The predicted octanol–water partition coefficient (Wildman–Crippen LogP) is -0.331. The van der Waals surface area contributed by atoms with Gasteiger partial charge in [-0.05, 0) is 6.42 Å². The summed E-state index contributed by atoms with van der Waals surface area (Å²) in [7, 11) is 0. The van der Waals surface area contributed by atoms with Gasteiger partial charge in [-0.2, -0.15) is 5.06 Å². The van der Waals surface area contributed by atoms with Gasteiger partial charge in [0.25, 0.3) is 5.91 Å². The number of ether oxygens (including phenoxy) is 1. The molecular formula is C7H11NO5. The van der Waals surface area contributed by atoms with E-state index in [0.29, 0.717) is 19.4 Å². The monoisotopic (exact) mass is 189 g/mol. The molecule has 0 aromatic rings. The average molecular weight is 189 g/mol. The van der Waals surface area contributed by atoms with E-state index in [1.807, 2.05) is 0 Å². The lowest BCUT2D eigenvalue weighted by molar-refractivity contribution is -0.164. The van der Waals surface area contributed by atoms with Gasteiger partial charge in [-0.3, -0.25) is 4.79 Å². The number of hydroxylamine groups is 2. The molecule has 74 valence electrons. The van der Waals surface area contributed by atoms with Crippen LogP contribution in [-0.4, -0.2) is 42.0 Å². The Morgan fingerprint density at radius 3 is 2.92 bits per heavy atom. The maximum Gasteiger partial charge on any atom is 0.533 e. The molecule has 1 aliphatic heterocycles. The summed E-state index contributed by atoms with van der Waals surface area (Å²) in [6.45, 7) is 0.0248. The van der Waals surface area contributed by atoms with Gasteiger partial charge in [0.2, 0.25) is 0 Å². The second kappa shape index (κ2) is 4.66. The molecule has 0 saturated carbocycles. The van der Waals surface area contributed by atoms with Crippen molar-refractivity contribution in [3.05, 3.63) is 0 Å². The van der Waals surface area contributed by atoms with Gasteiger partial charge in [0, 0.05) is 6.42 Å². The van der Waals surface area contributed by atoms with Crippen LogP contribution in [0.15, 0.2) is 0 Å². The number of amides is 1. The summed E-state index contributed by atoms with van der Waals surface area (Å²) in [6.07, 6.45) is 0.128. The highest BCUT2D eigenvalue weighted by Crippen LogP contribution is 2.10. The molecule has 6 heteroatoms.